The van der Waals surface area contributed by atoms with E-state index in [0.717, 1.165) is 11.3 Å². The zero-order valence-electron chi connectivity index (χ0n) is 15.6. The lowest BCUT2D eigenvalue weighted by atomic mass is 10.1. The number of carbonyl (C=O) groups is 1. The smallest absolute Gasteiger partial charge is 0.244 e. The van der Waals surface area contributed by atoms with Crippen LogP contribution in [-0.2, 0) is 14.8 Å². The molecule has 2 aromatic carbocycles. The predicted octanol–water partition coefficient (Wildman–Crippen LogP) is 2.61. The molecule has 3 aromatic rings. The molecule has 1 aliphatic heterocycles. The van der Waals surface area contributed by atoms with Gasteiger partial charge in [-0.3, -0.25) is 4.79 Å². The molecule has 8 nitrogen and oxygen atoms in total. The molecule has 1 saturated heterocycles. The van der Waals surface area contributed by atoms with Crippen LogP contribution in [0.4, 0.5) is 0 Å². The van der Waals surface area contributed by atoms with Crippen LogP contribution in [0.5, 0.6) is 0 Å². The van der Waals surface area contributed by atoms with Crippen LogP contribution < -0.4 is 4.72 Å². The van der Waals surface area contributed by atoms with E-state index in [-0.39, 0.29) is 33.4 Å². The molecule has 0 atom stereocenters. The average Bonchev–Trinajstić information content (AvgIpc) is 3.15. The van der Waals surface area contributed by atoms with Gasteiger partial charge >= 0.3 is 0 Å². The lowest BCUT2D eigenvalue weighted by molar-refractivity contribution is -0.135. The van der Waals surface area contributed by atoms with Crippen molar-refractivity contribution >= 4 is 39.1 Å². The SMILES string of the molecule is O=C(CNS(=O)(=O)c1c(Cl)cccc1Cl)N1CC(n2cc(-c3ccccc3)nn2)C1. The monoisotopic (exact) mass is 465 g/mol. The summed E-state index contributed by atoms with van der Waals surface area (Å²) in [6.45, 7) is 0.458. The summed E-state index contributed by atoms with van der Waals surface area (Å²) in [7, 11) is -4.02. The van der Waals surface area contributed by atoms with Gasteiger partial charge in [-0.1, -0.05) is 64.8 Å². The molecule has 0 radical (unpaired) electrons. The summed E-state index contributed by atoms with van der Waals surface area (Å²) in [6, 6.07) is 14.1. The molecular weight excluding hydrogens is 449 g/mol. The van der Waals surface area contributed by atoms with Gasteiger partial charge in [-0.15, -0.1) is 5.10 Å². The zero-order chi connectivity index (χ0) is 21.3. The fraction of sp³-hybridized carbons (Fsp3) is 0.211. The lowest BCUT2D eigenvalue weighted by Crippen LogP contribution is -2.53. The number of nitrogens with zero attached hydrogens (tertiary/aromatic N) is 4. The molecule has 156 valence electrons. The van der Waals surface area contributed by atoms with Crippen LogP contribution in [0.1, 0.15) is 6.04 Å². The second-order valence-corrected chi connectivity index (χ2v) is 9.30. The van der Waals surface area contributed by atoms with Gasteiger partial charge in [-0.05, 0) is 12.1 Å². The van der Waals surface area contributed by atoms with Crippen molar-refractivity contribution in [3.63, 3.8) is 0 Å². The summed E-state index contributed by atoms with van der Waals surface area (Å²) in [6.07, 6.45) is 1.84. The number of aromatic nitrogens is 3. The Labute approximate surface area is 183 Å². The van der Waals surface area contributed by atoms with E-state index in [1.165, 1.54) is 12.1 Å². The van der Waals surface area contributed by atoms with Crippen LogP contribution in [0.2, 0.25) is 10.0 Å². The molecule has 30 heavy (non-hydrogen) atoms. The first kappa shape index (κ1) is 20.8. The third-order valence-corrected chi connectivity index (χ3v) is 7.13. The van der Waals surface area contributed by atoms with Gasteiger partial charge < -0.3 is 4.90 Å². The highest BCUT2D eigenvalue weighted by Gasteiger charge is 2.33. The number of hydrogen-bond donors (Lipinski definition) is 1. The fourth-order valence-electron chi connectivity index (χ4n) is 3.10. The molecule has 1 aliphatic rings. The Morgan fingerprint density at radius 1 is 1.07 bits per heavy atom. The van der Waals surface area contributed by atoms with E-state index in [9.17, 15) is 13.2 Å². The largest absolute Gasteiger partial charge is 0.337 e. The van der Waals surface area contributed by atoms with E-state index in [2.05, 4.69) is 15.0 Å². The summed E-state index contributed by atoms with van der Waals surface area (Å²) in [4.78, 5) is 13.7. The molecule has 11 heteroatoms. The number of carbonyl (C=O) groups excluding carboxylic acids is 1. The standard InChI is InChI=1S/C19H17Cl2N5O3S/c20-15-7-4-8-16(21)19(15)30(28,29)22-9-18(27)25-10-14(11-25)26-12-17(23-24-26)13-5-2-1-3-6-13/h1-8,12,14,22H,9-11H2. The van der Waals surface area contributed by atoms with Gasteiger partial charge in [-0.25, -0.2) is 17.8 Å². The van der Waals surface area contributed by atoms with E-state index in [1.54, 1.807) is 15.6 Å². The first-order valence-corrected chi connectivity index (χ1v) is 11.3. The quantitative estimate of drug-likeness (QED) is 0.603. The minimum absolute atomic E-state index is 0.00599. The zero-order valence-corrected chi connectivity index (χ0v) is 17.9. The minimum Gasteiger partial charge on any atom is -0.337 e. The second kappa shape index (κ2) is 8.35. The summed E-state index contributed by atoms with van der Waals surface area (Å²) < 4.78 is 28.9. The highest BCUT2D eigenvalue weighted by Crippen LogP contribution is 2.29. The Bertz CT molecular complexity index is 1160. The van der Waals surface area contributed by atoms with Gasteiger partial charge in [0.2, 0.25) is 15.9 Å². The van der Waals surface area contributed by atoms with Crippen molar-refractivity contribution < 1.29 is 13.2 Å². The molecule has 0 aliphatic carbocycles. The maximum Gasteiger partial charge on any atom is 0.244 e. The summed E-state index contributed by atoms with van der Waals surface area (Å²) in [5.74, 6) is -0.346. The Morgan fingerprint density at radius 3 is 2.40 bits per heavy atom. The molecule has 1 fully saturated rings. The summed E-state index contributed by atoms with van der Waals surface area (Å²) in [5, 5.41) is 8.30. The topological polar surface area (TPSA) is 97.2 Å². The van der Waals surface area contributed by atoms with E-state index in [4.69, 9.17) is 23.2 Å². The third kappa shape index (κ3) is 4.20. The highest BCUT2D eigenvalue weighted by molar-refractivity contribution is 7.89. The molecule has 0 saturated carbocycles. The van der Waals surface area contributed by atoms with Crippen molar-refractivity contribution in [3.8, 4) is 11.3 Å². The van der Waals surface area contributed by atoms with Crippen LogP contribution in [-0.4, -0.2) is 53.9 Å². The number of sulfonamides is 1. The van der Waals surface area contributed by atoms with Crippen molar-refractivity contribution in [1.82, 2.24) is 24.6 Å². The molecule has 4 rings (SSSR count). The molecule has 1 N–H and O–H groups in total. The van der Waals surface area contributed by atoms with Gasteiger partial charge in [0, 0.05) is 18.7 Å². The van der Waals surface area contributed by atoms with E-state index >= 15 is 0 Å². The normalized spacial score (nSPS) is 14.5. The predicted molar refractivity (Wildman–Crippen MR) is 113 cm³/mol. The summed E-state index contributed by atoms with van der Waals surface area (Å²) >= 11 is 11.9. The Morgan fingerprint density at radius 2 is 1.73 bits per heavy atom. The number of rotatable bonds is 6. The number of likely N-dealkylation sites (tertiary alicyclic amines) is 1. The molecule has 1 amide bonds. The Hall–Kier alpha value is -2.46. The average molecular weight is 466 g/mol. The molecule has 0 bridgehead atoms. The second-order valence-electron chi connectivity index (χ2n) is 6.78. The van der Waals surface area contributed by atoms with Crippen molar-refractivity contribution in [2.75, 3.05) is 19.6 Å². The highest BCUT2D eigenvalue weighted by atomic mass is 35.5. The first-order valence-electron chi connectivity index (χ1n) is 9.04. The number of halogens is 2. The number of hydrogen-bond acceptors (Lipinski definition) is 5. The number of benzene rings is 2. The van der Waals surface area contributed by atoms with Gasteiger partial charge in [0.15, 0.2) is 0 Å². The van der Waals surface area contributed by atoms with Gasteiger partial charge in [0.05, 0.1) is 28.8 Å². The van der Waals surface area contributed by atoms with Crippen LogP contribution in [0, 0.1) is 0 Å². The van der Waals surface area contributed by atoms with Crippen molar-refractivity contribution in [3.05, 3.63) is 64.8 Å². The van der Waals surface area contributed by atoms with Crippen LogP contribution in [0.15, 0.2) is 59.6 Å². The number of amides is 1. The third-order valence-electron chi connectivity index (χ3n) is 4.77. The van der Waals surface area contributed by atoms with Gasteiger partial charge in [0.1, 0.15) is 10.6 Å². The maximum atomic E-state index is 12.5. The Balaban J connectivity index is 1.33. The summed E-state index contributed by atoms with van der Waals surface area (Å²) in [5.41, 5.74) is 1.72. The fourth-order valence-corrected chi connectivity index (χ4v) is 5.22. The Kier molecular flexibility index (Phi) is 5.79. The van der Waals surface area contributed by atoms with Crippen molar-refractivity contribution in [2.24, 2.45) is 0 Å². The first-order chi connectivity index (χ1) is 14.3. The number of nitrogens with one attached hydrogen (secondary N) is 1. The van der Waals surface area contributed by atoms with E-state index in [0.29, 0.717) is 13.1 Å². The van der Waals surface area contributed by atoms with Crippen molar-refractivity contribution in [1.29, 1.82) is 0 Å². The maximum absolute atomic E-state index is 12.5. The van der Waals surface area contributed by atoms with Gasteiger partial charge in [0.25, 0.3) is 0 Å². The van der Waals surface area contributed by atoms with Gasteiger partial charge in [-0.2, -0.15) is 0 Å². The molecule has 1 aromatic heterocycles. The van der Waals surface area contributed by atoms with E-state index in [1.807, 2.05) is 36.5 Å². The minimum atomic E-state index is -4.02. The molecule has 2 heterocycles. The molecule has 0 spiro atoms. The molecule has 0 unspecified atom stereocenters. The molecular formula is C19H17Cl2N5O3S. The van der Waals surface area contributed by atoms with E-state index < -0.39 is 10.0 Å². The van der Waals surface area contributed by atoms with Crippen LogP contribution in [0.3, 0.4) is 0 Å². The van der Waals surface area contributed by atoms with Crippen LogP contribution >= 0.6 is 23.2 Å². The lowest BCUT2D eigenvalue weighted by Gasteiger charge is -2.38. The van der Waals surface area contributed by atoms with Crippen LogP contribution in [0.25, 0.3) is 11.3 Å². The van der Waals surface area contributed by atoms with Crippen molar-refractivity contribution in [2.45, 2.75) is 10.9 Å².